The lowest BCUT2D eigenvalue weighted by Crippen LogP contribution is -2.26. The summed E-state index contributed by atoms with van der Waals surface area (Å²) in [5, 5.41) is 11.4. The fourth-order valence-corrected chi connectivity index (χ4v) is 1.19. The summed E-state index contributed by atoms with van der Waals surface area (Å²) in [7, 11) is 0. The van der Waals surface area contributed by atoms with Crippen LogP contribution >= 0.6 is 0 Å². The summed E-state index contributed by atoms with van der Waals surface area (Å²) in [6, 6.07) is 5.27. The van der Waals surface area contributed by atoms with Crippen LogP contribution in [0.2, 0.25) is 0 Å². The van der Waals surface area contributed by atoms with Gasteiger partial charge >= 0.3 is 0 Å². The molecule has 0 heterocycles. The summed E-state index contributed by atoms with van der Waals surface area (Å²) in [6.45, 7) is 2.22. The normalized spacial score (nSPS) is 12.1. The van der Waals surface area contributed by atoms with Gasteiger partial charge in [-0.2, -0.15) is 5.26 Å². The molecule has 0 saturated heterocycles. The number of nitrogens with one attached hydrogen (secondary N) is 1. The van der Waals surface area contributed by atoms with Crippen molar-refractivity contribution in [3.63, 3.8) is 0 Å². The molecule has 80 valence electrons. The summed E-state index contributed by atoms with van der Waals surface area (Å²) in [4.78, 5) is 0. The van der Waals surface area contributed by atoms with Crippen LogP contribution < -0.4 is 5.32 Å². The Morgan fingerprint density at radius 3 is 2.80 bits per heavy atom. The van der Waals surface area contributed by atoms with E-state index >= 15 is 0 Å². The van der Waals surface area contributed by atoms with Crippen LogP contribution in [0.5, 0.6) is 0 Å². The number of hydrogen-bond donors (Lipinski definition) is 1. The second-order valence-electron chi connectivity index (χ2n) is 3.29. The molecule has 0 aliphatic carbocycles. The maximum atomic E-state index is 13.1. The van der Waals surface area contributed by atoms with Crippen molar-refractivity contribution in [3.05, 3.63) is 35.4 Å². The van der Waals surface area contributed by atoms with Crippen molar-refractivity contribution >= 4 is 0 Å². The predicted molar refractivity (Wildman–Crippen MR) is 53.1 cm³/mol. The maximum absolute atomic E-state index is 13.1. The molecule has 0 radical (unpaired) electrons. The molecule has 1 unspecified atom stereocenters. The van der Waals surface area contributed by atoms with E-state index in [1.54, 1.807) is 6.92 Å². The zero-order valence-corrected chi connectivity index (χ0v) is 8.43. The highest BCUT2D eigenvalue weighted by atomic mass is 19.1. The molecule has 4 heteroatoms. The lowest BCUT2D eigenvalue weighted by molar-refractivity contribution is 0.563. The van der Waals surface area contributed by atoms with E-state index in [1.165, 1.54) is 12.1 Å². The van der Waals surface area contributed by atoms with Crippen LogP contribution in [0.25, 0.3) is 0 Å². The van der Waals surface area contributed by atoms with Gasteiger partial charge in [0.25, 0.3) is 0 Å². The van der Waals surface area contributed by atoms with E-state index in [2.05, 4.69) is 5.32 Å². The number of halogens is 2. The first kappa shape index (κ1) is 11.6. The predicted octanol–water partition coefficient (Wildman–Crippen LogP) is 2.01. The second kappa shape index (κ2) is 5.42. The quantitative estimate of drug-likeness (QED) is 0.825. The smallest absolute Gasteiger partial charge is 0.129 e. The third kappa shape index (κ3) is 3.64. The second-order valence-corrected chi connectivity index (χ2v) is 3.29. The Kier molecular flexibility index (Phi) is 4.19. The van der Waals surface area contributed by atoms with Crippen molar-refractivity contribution in [1.29, 1.82) is 5.26 Å². The van der Waals surface area contributed by atoms with Crippen LogP contribution in [0.15, 0.2) is 18.2 Å². The molecule has 1 rings (SSSR count). The van der Waals surface area contributed by atoms with Gasteiger partial charge in [-0.1, -0.05) is 6.07 Å². The van der Waals surface area contributed by atoms with Crippen molar-refractivity contribution in [2.75, 3.05) is 6.54 Å². The van der Waals surface area contributed by atoms with Gasteiger partial charge in [0.2, 0.25) is 0 Å². The topological polar surface area (TPSA) is 35.8 Å². The standard InChI is InChI=1S/C11H12F2N2/c1-8(7-14)15-5-4-9-2-3-10(12)6-11(9)13/h2-3,6,8,15H,4-5H2,1H3. The van der Waals surface area contributed by atoms with Gasteiger partial charge in [0.15, 0.2) is 0 Å². The number of nitriles is 1. The molecule has 2 nitrogen and oxygen atoms in total. The summed E-state index contributed by atoms with van der Waals surface area (Å²) in [6.07, 6.45) is 0.443. The van der Waals surface area contributed by atoms with Crippen LogP contribution in [-0.4, -0.2) is 12.6 Å². The lowest BCUT2D eigenvalue weighted by atomic mass is 10.1. The Morgan fingerprint density at radius 2 is 2.20 bits per heavy atom. The van der Waals surface area contributed by atoms with Gasteiger partial charge in [0.1, 0.15) is 11.6 Å². The molecule has 1 N–H and O–H groups in total. The Bertz CT molecular complexity index is 371. The third-order valence-electron chi connectivity index (χ3n) is 2.05. The minimum Gasteiger partial charge on any atom is -0.302 e. The highest BCUT2D eigenvalue weighted by molar-refractivity contribution is 5.18. The number of rotatable bonds is 4. The van der Waals surface area contributed by atoms with E-state index in [1.807, 2.05) is 6.07 Å². The van der Waals surface area contributed by atoms with Crippen LogP contribution in [0.1, 0.15) is 12.5 Å². The molecule has 0 aliphatic rings. The van der Waals surface area contributed by atoms with Gasteiger partial charge in [0, 0.05) is 12.6 Å². The molecule has 0 fully saturated rings. The van der Waals surface area contributed by atoms with Crippen molar-refractivity contribution < 1.29 is 8.78 Å². The van der Waals surface area contributed by atoms with Crippen molar-refractivity contribution in [2.24, 2.45) is 0 Å². The number of benzene rings is 1. The van der Waals surface area contributed by atoms with E-state index in [-0.39, 0.29) is 6.04 Å². The summed E-state index contributed by atoms with van der Waals surface area (Å²) < 4.78 is 25.7. The van der Waals surface area contributed by atoms with Crippen LogP contribution in [-0.2, 0) is 6.42 Å². The summed E-state index contributed by atoms with van der Waals surface area (Å²) >= 11 is 0. The first-order valence-corrected chi connectivity index (χ1v) is 4.70. The van der Waals surface area contributed by atoms with E-state index in [9.17, 15) is 8.78 Å². The van der Waals surface area contributed by atoms with Crippen molar-refractivity contribution in [3.8, 4) is 6.07 Å². The van der Waals surface area contributed by atoms with Crippen LogP contribution in [0.3, 0.4) is 0 Å². The fourth-order valence-electron chi connectivity index (χ4n) is 1.19. The highest BCUT2D eigenvalue weighted by Crippen LogP contribution is 2.09. The largest absolute Gasteiger partial charge is 0.302 e. The monoisotopic (exact) mass is 210 g/mol. The lowest BCUT2D eigenvalue weighted by Gasteiger charge is -2.06. The first-order chi connectivity index (χ1) is 7.13. The molecule has 0 spiro atoms. The molecule has 15 heavy (non-hydrogen) atoms. The van der Waals surface area contributed by atoms with Gasteiger partial charge in [0.05, 0.1) is 12.1 Å². The molecule has 0 aliphatic heterocycles. The van der Waals surface area contributed by atoms with Gasteiger partial charge in [-0.05, 0) is 25.0 Å². The van der Waals surface area contributed by atoms with E-state index in [0.29, 0.717) is 18.5 Å². The molecular formula is C11H12F2N2. The van der Waals surface area contributed by atoms with E-state index < -0.39 is 11.6 Å². The Labute approximate surface area is 87.5 Å². The molecule has 0 saturated carbocycles. The van der Waals surface area contributed by atoms with Gasteiger partial charge in [-0.25, -0.2) is 8.78 Å². The minimum absolute atomic E-state index is 0.256. The first-order valence-electron chi connectivity index (χ1n) is 4.70. The summed E-state index contributed by atoms with van der Waals surface area (Å²) in [5.41, 5.74) is 0.453. The van der Waals surface area contributed by atoms with Crippen molar-refractivity contribution in [2.45, 2.75) is 19.4 Å². The fraction of sp³-hybridized carbons (Fsp3) is 0.364. The van der Waals surface area contributed by atoms with Gasteiger partial charge < -0.3 is 5.32 Å². The molecule has 0 bridgehead atoms. The molecule has 0 amide bonds. The Balaban J connectivity index is 2.48. The maximum Gasteiger partial charge on any atom is 0.129 e. The van der Waals surface area contributed by atoms with Crippen molar-refractivity contribution in [1.82, 2.24) is 5.32 Å². The van der Waals surface area contributed by atoms with Crippen LogP contribution in [0, 0.1) is 23.0 Å². The average molecular weight is 210 g/mol. The molecule has 1 aromatic rings. The van der Waals surface area contributed by atoms with Crippen LogP contribution in [0.4, 0.5) is 8.78 Å². The average Bonchev–Trinajstić information content (AvgIpc) is 2.21. The minimum atomic E-state index is -0.574. The Hall–Kier alpha value is -1.47. The molecule has 1 aromatic carbocycles. The summed E-state index contributed by atoms with van der Waals surface area (Å²) in [5.74, 6) is -1.11. The SMILES string of the molecule is CC(C#N)NCCc1ccc(F)cc1F. The zero-order chi connectivity index (χ0) is 11.3. The highest BCUT2D eigenvalue weighted by Gasteiger charge is 2.04. The molecular weight excluding hydrogens is 198 g/mol. The van der Waals surface area contributed by atoms with E-state index in [0.717, 1.165) is 6.07 Å². The molecule has 1 atom stereocenters. The van der Waals surface area contributed by atoms with Gasteiger partial charge in [-0.15, -0.1) is 0 Å². The number of nitrogens with zero attached hydrogens (tertiary/aromatic N) is 1. The third-order valence-corrected chi connectivity index (χ3v) is 2.05. The zero-order valence-electron chi connectivity index (χ0n) is 8.43. The molecule has 0 aromatic heterocycles. The number of hydrogen-bond acceptors (Lipinski definition) is 2. The van der Waals surface area contributed by atoms with Gasteiger partial charge in [-0.3, -0.25) is 0 Å². The Morgan fingerprint density at radius 1 is 1.47 bits per heavy atom. The van der Waals surface area contributed by atoms with E-state index in [4.69, 9.17) is 5.26 Å².